The highest BCUT2D eigenvalue weighted by molar-refractivity contribution is 5.98. The molecule has 1 fully saturated rings. The van der Waals surface area contributed by atoms with E-state index in [1.807, 2.05) is 0 Å². The number of hydrogen-bond acceptors (Lipinski definition) is 5. The molecule has 164 valence electrons. The molecule has 9 nitrogen and oxygen atoms in total. The molecule has 9 heteroatoms. The van der Waals surface area contributed by atoms with E-state index in [4.69, 9.17) is 0 Å². The summed E-state index contributed by atoms with van der Waals surface area (Å²) in [6.45, 7) is 2.41. The van der Waals surface area contributed by atoms with Crippen LogP contribution in [-0.2, 0) is 6.42 Å². The number of fused-ring (bicyclic) bond motifs is 2. The van der Waals surface area contributed by atoms with Crippen molar-refractivity contribution in [3.8, 4) is 0 Å². The second-order valence-corrected chi connectivity index (χ2v) is 8.46. The molecule has 2 aliphatic rings. The van der Waals surface area contributed by atoms with Crippen LogP contribution >= 0.6 is 0 Å². The first-order chi connectivity index (χ1) is 15.4. The van der Waals surface area contributed by atoms with Crippen molar-refractivity contribution in [2.45, 2.75) is 38.6 Å². The number of nitrogens with zero attached hydrogens (tertiary/aromatic N) is 3. The highest BCUT2D eigenvalue weighted by Crippen LogP contribution is 2.35. The van der Waals surface area contributed by atoms with Crippen LogP contribution in [-0.4, -0.2) is 44.0 Å². The highest BCUT2D eigenvalue weighted by Gasteiger charge is 2.29. The van der Waals surface area contributed by atoms with Gasteiger partial charge in [0.05, 0.1) is 17.8 Å². The minimum Gasteiger partial charge on any atom is -0.478 e. The molecular formula is C23H23N5O4. The zero-order chi connectivity index (χ0) is 22.4. The lowest BCUT2D eigenvalue weighted by atomic mass is 9.98. The van der Waals surface area contributed by atoms with Crippen molar-refractivity contribution < 1.29 is 19.5 Å². The van der Waals surface area contributed by atoms with E-state index in [1.165, 1.54) is 16.8 Å². The fraction of sp³-hybridized carbons (Fsp3) is 0.348. The zero-order valence-electron chi connectivity index (χ0n) is 17.6. The Morgan fingerprint density at radius 3 is 2.72 bits per heavy atom. The third-order valence-electron chi connectivity index (χ3n) is 6.30. The van der Waals surface area contributed by atoms with Crippen molar-refractivity contribution in [3.05, 3.63) is 64.1 Å². The smallest absolute Gasteiger partial charge is 0.335 e. The van der Waals surface area contributed by atoms with Gasteiger partial charge in [0.15, 0.2) is 5.65 Å². The van der Waals surface area contributed by atoms with E-state index < -0.39 is 5.97 Å². The average Bonchev–Trinajstić information content (AvgIpc) is 3.32. The molecule has 2 aliphatic carbocycles. The van der Waals surface area contributed by atoms with E-state index in [-0.39, 0.29) is 34.8 Å². The number of nitrogens with one attached hydrogen (secondary N) is 2. The summed E-state index contributed by atoms with van der Waals surface area (Å²) in [5.74, 6) is -1.09. The van der Waals surface area contributed by atoms with Crippen LogP contribution in [0, 0.1) is 12.8 Å². The SMILES string of the molecule is Cc1c(C(=O)O)ccc2c1CC[C@@H]2NC(=O)c1cc(C(=O)NCC2CC2)nc2ccnn12. The number of aromatic nitrogens is 3. The summed E-state index contributed by atoms with van der Waals surface area (Å²) >= 11 is 0. The predicted molar refractivity (Wildman–Crippen MR) is 115 cm³/mol. The number of benzene rings is 1. The lowest BCUT2D eigenvalue weighted by Crippen LogP contribution is -2.31. The Bertz CT molecular complexity index is 1260. The molecular weight excluding hydrogens is 410 g/mol. The van der Waals surface area contributed by atoms with Gasteiger partial charge in [-0.15, -0.1) is 0 Å². The molecule has 0 bridgehead atoms. The van der Waals surface area contributed by atoms with Crippen LogP contribution < -0.4 is 10.6 Å². The molecule has 0 aliphatic heterocycles. The van der Waals surface area contributed by atoms with E-state index >= 15 is 0 Å². The maximum absolute atomic E-state index is 13.2. The molecule has 1 saturated carbocycles. The predicted octanol–water partition coefficient (Wildman–Crippen LogP) is 2.29. The van der Waals surface area contributed by atoms with Crippen molar-refractivity contribution in [1.82, 2.24) is 25.2 Å². The Labute approximate surface area is 183 Å². The summed E-state index contributed by atoms with van der Waals surface area (Å²) in [5.41, 5.74) is 3.73. The lowest BCUT2D eigenvalue weighted by Gasteiger charge is -2.16. The normalized spacial score (nSPS) is 17.2. The summed E-state index contributed by atoms with van der Waals surface area (Å²) in [4.78, 5) is 41.5. The Balaban J connectivity index is 1.41. The molecule has 0 spiro atoms. The largest absolute Gasteiger partial charge is 0.478 e. The molecule has 2 amide bonds. The standard InChI is InChI=1S/C23H23N5O4/c1-12-14-6-7-17(16(14)5-4-15(12)23(31)32)27-22(30)19-10-18(21(29)24-11-13-2-3-13)26-20-8-9-25-28(19)20/h4-5,8-10,13,17H,2-3,6-7,11H2,1H3,(H,24,29)(H,27,30)(H,31,32)/t17-/m0/s1. The number of carbonyl (C=O) groups excluding carboxylic acids is 2. The molecule has 3 aromatic rings. The van der Waals surface area contributed by atoms with Crippen LogP contribution in [0.15, 0.2) is 30.5 Å². The van der Waals surface area contributed by atoms with Gasteiger partial charge in [-0.1, -0.05) is 6.07 Å². The van der Waals surface area contributed by atoms with Crippen molar-refractivity contribution in [3.63, 3.8) is 0 Å². The van der Waals surface area contributed by atoms with E-state index in [0.717, 1.165) is 29.5 Å². The molecule has 0 saturated heterocycles. The van der Waals surface area contributed by atoms with E-state index in [2.05, 4.69) is 20.7 Å². The third kappa shape index (κ3) is 3.59. The summed E-state index contributed by atoms with van der Waals surface area (Å²) in [7, 11) is 0. The Kier molecular flexibility index (Phi) is 4.88. The average molecular weight is 433 g/mol. The number of amides is 2. The van der Waals surface area contributed by atoms with Crippen LogP contribution in [0.25, 0.3) is 5.65 Å². The Morgan fingerprint density at radius 1 is 1.16 bits per heavy atom. The van der Waals surface area contributed by atoms with Gasteiger partial charge in [0.25, 0.3) is 11.8 Å². The molecule has 0 radical (unpaired) electrons. The minimum absolute atomic E-state index is 0.178. The number of hydrogen-bond donors (Lipinski definition) is 3. The summed E-state index contributed by atoms with van der Waals surface area (Å²) in [5, 5.41) is 19.5. The molecule has 2 aromatic heterocycles. The first-order valence-electron chi connectivity index (χ1n) is 10.7. The van der Waals surface area contributed by atoms with Gasteiger partial charge >= 0.3 is 5.97 Å². The Morgan fingerprint density at radius 2 is 1.97 bits per heavy atom. The van der Waals surface area contributed by atoms with Gasteiger partial charge < -0.3 is 15.7 Å². The van der Waals surface area contributed by atoms with Crippen LogP contribution in [0.3, 0.4) is 0 Å². The molecule has 5 rings (SSSR count). The first-order valence-corrected chi connectivity index (χ1v) is 10.7. The first kappa shape index (κ1) is 20.2. The van der Waals surface area contributed by atoms with Gasteiger partial charge in [-0.3, -0.25) is 9.59 Å². The van der Waals surface area contributed by atoms with Gasteiger partial charge in [0.2, 0.25) is 0 Å². The summed E-state index contributed by atoms with van der Waals surface area (Å²) < 4.78 is 1.42. The molecule has 2 heterocycles. The number of carboxylic acids is 1. The second kappa shape index (κ2) is 7.74. The van der Waals surface area contributed by atoms with E-state index in [0.29, 0.717) is 31.0 Å². The number of rotatable bonds is 6. The van der Waals surface area contributed by atoms with Gasteiger partial charge in [0.1, 0.15) is 11.4 Å². The van der Waals surface area contributed by atoms with Crippen molar-refractivity contribution in [2.75, 3.05) is 6.54 Å². The van der Waals surface area contributed by atoms with Gasteiger partial charge in [-0.2, -0.15) is 5.10 Å². The van der Waals surface area contributed by atoms with Crippen LogP contribution in [0.1, 0.15) is 73.3 Å². The third-order valence-corrected chi connectivity index (χ3v) is 6.30. The summed E-state index contributed by atoms with van der Waals surface area (Å²) in [6.07, 6.45) is 5.15. The molecule has 1 atom stereocenters. The lowest BCUT2D eigenvalue weighted by molar-refractivity contribution is 0.0695. The Hall–Kier alpha value is -3.75. The van der Waals surface area contributed by atoms with E-state index in [1.54, 1.807) is 25.1 Å². The highest BCUT2D eigenvalue weighted by atomic mass is 16.4. The quantitative estimate of drug-likeness (QED) is 0.548. The molecule has 32 heavy (non-hydrogen) atoms. The van der Waals surface area contributed by atoms with Gasteiger partial charge in [-0.25, -0.2) is 14.3 Å². The van der Waals surface area contributed by atoms with Gasteiger partial charge in [0, 0.05) is 18.7 Å². The summed E-state index contributed by atoms with van der Waals surface area (Å²) in [6, 6.07) is 6.23. The van der Waals surface area contributed by atoms with Crippen molar-refractivity contribution in [2.24, 2.45) is 5.92 Å². The monoisotopic (exact) mass is 433 g/mol. The van der Waals surface area contributed by atoms with E-state index in [9.17, 15) is 19.5 Å². The van der Waals surface area contributed by atoms with Crippen LogP contribution in [0.5, 0.6) is 0 Å². The van der Waals surface area contributed by atoms with Crippen molar-refractivity contribution >= 4 is 23.4 Å². The maximum Gasteiger partial charge on any atom is 0.335 e. The van der Waals surface area contributed by atoms with Crippen LogP contribution in [0.4, 0.5) is 0 Å². The topological polar surface area (TPSA) is 126 Å². The number of aromatic carboxylic acids is 1. The minimum atomic E-state index is -0.955. The second-order valence-electron chi connectivity index (χ2n) is 8.46. The molecule has 0 unspecified atom stereocenters. The number of carbonyl (C=O) groups is 3. The number of carboxylic acid groups (broad SMARTS) is 1. The molecule has 3 N–H and O–H groups in total. The van der Waals surface area contributed by atoms with Crippen LogP contribution in [0.2, 0.25) is 0 Å². The maximum atomic E-state index is 13.2. The van der Waals surface area contributed by atoms with Crippen molar-refractivity contribution in [1.29, 1.82) is 0 Å². The fourth-order valence-electron chi connectivity index (χ4n) is 4.33. The molecule has 1 aromatic carbocycles. The fourth-order valence-corrected chi connectivity index (χ4v) is 4.33. The zero-order valence-corrected chi connectivity index (χ0v) is 17.6. The van der Waals surface area contributed by atoms with Gasteiger partial charge in [-0.05, 0) is 61.3 Å².